The summed E-state index contributed by atoms with van der Waals surface area (Å²) in [4.78, 5) is 0. The van der Waals surface area contributed by atoms with E-state index in [1.807, 2.05) is 13.8 Å². The molecule has 0 aromatic carbocycles. The van der Waals surface area contributed by atoms with E-state index in [-0.39, 0.29) is 6.79 Å². The fourth-order valence-corrected chi connectivity index (χ4v) is 1.74. The van der Waals surface area contributed by atoms with Gasteiger partial charge in [0.15, 0.2) is 12.6 Å². The molecular formula is C15H30O4. The van der Waals surface area contributed by atoms with E-state index in [0.29, 0.717) is 19.2 Å². The van der Waals surface area contributed by atoms with Crippen LogP contribution in [0.15, 0.2) is 11.7 Å². The Hall–Kier alpha value is -0.900. The summed E-state index contributed by atoms with van der Waals surface area (Å²) in [5.41, 5.74) is 0. The van der Waals surface area contributed by atoms with E-state index in [1.165, 1.54) is 25.7 Å². The number of rotatable bonds is 13. The van der Waals surface area contributed by atoms with Gasteiger partial charge in [0.1, 0.15) is 0 Å². The van der Waals surface area contributed by atoms with Crippen molar-refractivity contribution in [3.63, 3.8) is 0 Å². The van der Waals surface area contributed by atoms with Crippen LogP contribution in [-0.2, 0) is 18.9 Å². The minimum absolute atomic E-state index is 0.182. The quantitative estimate of drug-likeness (QED) is 0.286. The highest BCUT2D eigenvalue weighted by Crippen LogP contribution is 2.18. The molecule has 0 saturated heterocycles. The Balaban J connectivity index is 4.32. The Bertz CT molecular complexity index is 226. The van der Waals surface area contributed by atoms with Crippen LogP contribution in [0.3, 0.4) is 0 Å². The van der Waals surface area contributed by atoms with Crippen LogP contribution in [0.5, 0.6) is 0 Å². The van der Waals surface area contributed by atoms with Gasteiger partial charge in [-0.2, -0.15) is 0 Å². The number of methoxy groups -OCH3 is 1. The van der Waals surface area contributed by atoms with Crippen molar-refractivity contribution in [2.75, 3.05) is 27.1 Å². The first-order valence-electron chi connectivity index (χ1n) is 7.40. The molecule has 19 heavy (non-hydrogen) atoms. The normalized spacial score (nSPS) is 12.0. The molecule has 0 aliphatic heterocycles. The van der Waals surface area contributed by atoms with Crippen molar-refractivity contribution in [3.05, 3.63) is 11.7 Å². The van der Waals surface area contributed by atoms with Gasteiger partial charge >= 0.3 is 5.95 Å². The third-order valence-corrected chi connectivity index (χ3v) is 2.64. The van der Waals surface area contributed by atoms with Gasteiger partial charge in [-0.05, 0) is 20.3 Å². The van der Waals surface area contributed by atoms with E-state index in [0.717, 1.165) is 18.6 Å². The summed E-state index contributed by atoms with van der Waals surface area (Å²) in [5.74, 6) is 1.28. The molecule has 0 amide bonds. The predicted molar refractivity (Wildman–Crippen MR) is 76.6 cm³/mol. The highest BCUT2D eigenvalue weighted by molar-refractivity contribution is 4.95. The van der Waals surface area contributed by atoms with Crippen LogP contribution in [-0.4, -0.2) is 27.1 Å². The van der Waals surface area contributed by atoms with Crippen molar-refractivity contribution in [2.24, 2.45) is 0 Å². The largest absolute Gasteiger partial charge is 0.491 e. The molecule has 0 atom stereocenters. The van der Waals surface area contributed by atoms with Crippen LogP contribution in [0.4, 0.5) is 0 Å². The summed E-state index contributed by atoms with van der Waals surface area (Å²) < 4.78 is 21.5. The van der Waals surface area contributed by atoms with Crippen LogP contribution in [0.2, 0.25) is 0 Å². The lowest BCUT2D eigenvalue weighted by Crippen LogP contribution is -2.07. The van der Waals surface area contributed by atoms with Gasteiger partial charge in [-0.3, -0.25) is 0 Å². The summed E-state index contributed by atoms with van der Waals surface area (Å²) in [7, 11) is 1.59. The minimum Gasteiger partial charge on any atom is -0.491 e. The average molecular weight is 274 g/mol. The Labute approximate surface area is 118 Å². The van der Waals surface area contributed by atoms with E-state index in [9.17, 15) is 0 Å². The molecule has 0 radical (unpaired) electrons. The van der Waals surface area contributed by atoms with E-state index < -0.39 is 0 Å². The second kappa shape index (κ2) is 13.5. The highest BCUT2D eigenvalue weighted by Gasteiger charge is 2.11. The van der Waals surface area contributed by atoms with Gasteiger partial charge in [0.05, 0.1) is 13.2 Å². The molecule has 0 spiro atoms. The molecule has 0 rings (SSSR count). The lowest BCUT2D eigenvalue weighted by atomic mass is 10.1. The van der Waals surface area contributed by atoms with Gasteiger partial charge in [0.2, 0.25) is 0 Å². The summed E-state index contributed by atoms with van der Waals surface area (Å²) in [6.45, 7) is 7.49. The first kappa shape index (κ1) is 18.1. The minimum atomic E-state index is 0.182. The van der Waals surface area contributed by atoms with Crippen LogP contribution in [0.1, 0.15) is 59.3 Å². The van der Waals surface area contributed by atoms with Gasteiger partial charge in [-0.15, -0.1) is 0 Å². The molecule has 0 aliphatic carbocycles. The fraction of sp³-hybridized carbons (Fsp3) is 0.867. The number of allylic oxidation sites excluding steroid dienone is 1. The van der Waals surface area contributed by atoms with Gasteiger partial charge in [-0.1, -0.05) is 32.6 Å². The Morgan fingerprint density at radius 2 is 1.47 bits per heavy atom. The van der Waals surface area contributed by atoms with Crippen molar-refractivity contribution >= 4 is 0 Å². The molecular weight excluding hydrogens is 244 g/mol. The van der Waals surface area contributed by atoms with Crippen LogP contribution >= 0.6 is 0 Å². The van der Waals surface area contributed by atoms with E-state index in [1.54, 1.807) is 7.11 Å². The van der Waals surface area contributed by atoms with E-state index in [2.05, 4.69) is 6.92 Å². The molecule has 0 aromatic heterocycles. The summed E-state index contributed by atoms with van der Waals surface area (Å²) in [6, 6.07) is 0. The molecule has 0 aliphatic rings. The zero-order valence-electron chi connectivity index (χ0n) is 13.0. The molecule has 0 heterocycles. The summed E-state index contributed by atoms with van der Waals surface area (Å²) in [5, 5.41) is 0. The maximum atomic E-state index is 5.63. The zero-order valence-corrected chi connectivity index (χ0v) is 13.0. The van der Waals surface area contributed by atoms with Crippen molar-refractivity contribution in [1.29, 1.82) is 0 Å². The van der Waals surface area contributed by atoms with E-state index in [4.69, 9.17) is 18.9 Å². The lowest BCUT2D eigenvalue weighted by Gasteiger charge is -2.15. The third kappa shape index (κ3) is 9.65. The molecule has 114 valence electrons. The Morgan fingerprint density at radius 3 is 2.05 bits per heavy atom. The molecule has 0 N–H and O–H groups in total. The van der Waals surface area contributed by atoms with Crippen molar-refractivity contribution in [2.45, 2.75) is 59.3 Å². The van der Waals surface area contributed by atoms with Crippen molar-refractivity contribution < 1.29 is 18.9 Å². The SMILES string of the molecule is CCCCCCC/C(OCC)=C(\OCC)OCOC. The number of unbranched alkanes of at least 4 members (excludes halogenated alkanes) is 4. The fourth-order valence-electron chi connectivity index (χ4n) is 1.74. The summed E-state index contributed by atoms with van der Waals surface area (Å²) >= 11 is 0. The van der Waals surface area contributed by atoms with Gasteiger partial charge in [0, 0.05) is 13.5 Å². The Morgan fingerprint density at radius 1 is 0.789 bits per heavy atom. The number of ether oxygens (including phenoxy) is 4. The van der Waals surface area contributed by atoms with Crippen molar-refractivity contribution in [3.8, 4) is 0 Å². The van der Waals surface area contributed by atoms with Gasteiger partial charge in [-0.25, -0.2) is 0 Å². The van der Waals surface area contributed by atoms with Gasteiger partial charge in [0.25, 0.3) is 0 Å². The molecule has 0 fully saturated rings. The second-order valence-corrected chi connectivity index (χ2v) is 4.29. The topological polar surface area (TPSA) is 36.9 Å². The first-order chi connectivity index (χ1) is 9.29. The van der Waals surface area contributed by atoms with Crippen molar-refractivity contribution in [1.82, 2.24) is 0 Å². The molecule has 0 saturated carbocycles. The third-order valence-electron chi connectivity index (χ3n) is 2.64. The molecule has 0 bridgehead atoms. The molecule has 4 heteroatoms. The zero-order chi connectivity index (χ0) is 14.3. The van der Waals surface area contributed by atoms with Crippen LogP contribution in [0.25, 0.3) is 0 Å². The Kier molecular flexibility index (Phi) is 12.9. The maximum absolute atomic E-state index is 5.63. The van der Waals surface area contributed by atoms with Gasteiger partial charge < -0.3 is 18.9 Å². The smallest absolute Gasteiger partial charge is 0.321 e. The first-order valence-corrected chi connectivity index (χ1v) is 7.40. The average Bonchev–Trinajstić information content (AvgIpc) is 2.42. The molecule has 4 nitrogen and oxygen atoms in total. The number of hydrogen-bond acceptors (Lipinski definition) is 4. The maximum Gasteiger partial charge on any atom is 0.321 e. The van der Waals surface area contributed by atoms with Crippen LogP contribution in [0, 0.1) is 0 Å². The standard InChI is InChI=1S/C15H30O4/c1-5-8-9-10-11-12-14(17-6-2)15(18-7-3)19-13-16-4/h5-13H2,1-4H3/b15-14-. The highest BCUT2D eigenvalue weighted by atomic mass is 16.7. The summed E-state index contributed by atoms with van der Waals surface area (Å²) in [6.07, 6.45) is 7.01. The monoisotopic (exact) mass is 274 g/mol. The van der Waals surface area contributed by atoms with Crippen LogP contribution < -0.4 is 0 Å². The molecule has 0 unspecified atom stereocenters. The molecule has 0 aromatic rings. The van der Waals surface area contributed by atoms with E-state index >= 15 is 0 Å². The second-order valence-electron chi connectivity index (χ2n) is 4.29. The predicted octanol–water partition coefficient (Wildman–Crippen LogP) is 4.21. The number of hydrogen-bond donors (Lipinski definition) is 0. The lowest BCUT2D eigenvalue weighted by molar-refractivity contribution is -0.0663.